The van der Waals surface area contributed by atoms with E-state index in [4.69, 9.17) is 29.5 Å². The van der Waals surface area contributed by atoms with Gasteiger partial charge in [0, 0.05) is 29.0 Å². The minimum absolute atomic E-state index is 0. The standard InChI is InChI=1S/C34H41FN2O7S.BrH/c1-34(2,3)24-16-21(25(38)20-37-19-22-18-26(41-4)32(42-5)30(35)29(22)33(37)36)17-27(31(24)44-13-7-6-12-28(39)40)43-14-8-10-23-11-9-15-45-23;/h9,11,15-18,36H,6-8,10,12-14,19-20H2,1-5H3,(H,39,40);1H. The first-order valence-corrected chi connectivity index (χ1v) is 15.8. The monoisotopic (exact) mass is 720 g/mol. The summed E-state index contributed by atoms with van der Waals surface area (Å²) in [5.74, 6) is -0.771. The van der Waals surface area contributed by atoms with Crippen LogP contribution in [-0.4, -0.2) is 61.6 Å². The summed E-state index contributed by atoms with van der Waals surface area (Å²) < 4.78 is 38.2. The number of nitrogens with one attached hydrogen (secondary N) is 1. The highest BCUT2D eigenvalue weighted by Gasteiger charge is 2.33. The van der Waals surface area contributed by atoms with Gasteiger partial charge in [-0.05, 0) is 66.3 Å². The molecular weight excluding hydrogens is 679 g/mol. The van der Waals surface area contributed by atoms with Crippen molar-refractivity contribution in [1.29, 1.82) is 5.41 Å². The van der Waals surface area contributed by atoms with Crippen LogP contribution in [0.4, 0.5) is 4.39 Å². The maximum Gasteiger partial charge on any atom is 0.303 e. The topological polar surface area (TPSA) is 118 Å². The Bertz CT molecular complexity index is 1540. The summed E-state index contributed by atoms with van der Waals surface area (Å²) in [5.41, 5.74) is 1.39. The number of Topliss-reactive ketones (excluding diaryl/α,β-unsaturated/α-hetero) is 1. The first-order valence-electron chi connectivity index (χ1n) is 14.9. The highest BCUT2D eigenvalue weighted by Crippen LogP contribution is 2.41. The van der Waals surface area contributed by atoms with Crippen LogP contribution in [0.3, 0.4) is 0 Å². The van der Waals surface area contributed by atoms with Crippen LogP contribution in [0.15, 0.2) is 35.7 Å². The minimum Gasteiger partial charge on any atom is -0.493 e. The largest absolute Gasteiger partial charge is 0.493 e. The zero-order valence-electron chi connectivity index (χ0n) is 26.9. The normalized spacial score (nSPS) is 12.4. The third kappa shape index (κ3) is 8.79. The highest BCUT2D eigenvalue weighted by atomic mass is 79.9. The first kappa shape index (κ1) is 36.8. The lowest BCUT2D eigenvalue weighted by Crippen LogP contribution is -2.30. The molecule has 0 fully saturated rings. The lowest BCUT2D eigenvalue weighted by Gasteiger charge is -2.26. The van der Waals surface area contributed by atoms with E-state index in [0.29, 0.717) is 48.7 Å². The van der Waals surface area contributed by atoms with Crippen molar-refractivity contribution < 1.29 is 38.0 Å². The fraction of sp³-hybridized carbons (Fsp3) is 0.441. The molecule has 12 heteroatoms. The van der Waals surface area contributed by atoms with Crippen LogP contribution in [0.5, 0.6) is 23.0 Å². The number of nitrogens with zero attached hydrogens (tertiary/aromatic N) is 1. The van der Waals surface area contributed by atoms with Crippen molar-refractivity contribution in [1.82, 2.24) is 4.90 Å². The SMILES string of the molecule is Br.COc1cc2c(c(F)c1OC)C(=N)N(CC(=O)c1cc(OCCCc3cccs3)c(OCCCCC(=O)O)c(C(C)(C)C)c1)C2. The number of carbonyl (C=O) groups is 2. The number of carboxylic acid groups (broad SMARTS) is 1. The van der Waals surface area contributed by atoms with E-state index in [2.05, 4.69) is 6.07 Å². The molecule has 4 rings (SSSR count). The number of carbonyl (C=O) groups excluding carboxylic acids is 1. The molecule has 46 heavy (non-hydrogen) atoms. The summed E-state index contributed by atoms with van der Waals surface area (Å²) in [4.78, 5) is 27.5. The molecular formula is C34H42BrFN2O7S. The Kier molecular flexibility index (Phi) is 13.0. The lowest BCUT2D eigenvalue weighted by molar-refractivity contribution is -0.137. The van der Waals surface area contributed by atoms with E-state index < -0.39 is 17.2 Å². The van der Waals surface area contributed by atoms with Gasteiger partial charge in [-0.3, -0.25) is 15.0 Å². The van der Waals surface area contributed by atoms with Gasteiger partial charge in [-0.15, -0.1) is 28.3 Å². The number of hydrogen-bond acceptors (Lipinski definition) is 8. The smallest absolute Gasteiger partial charge is 0.303 e. The van der Waals surface area contributed by atoms with E-state index in [1.165, 1.54) is 24.0 Å². The van der Waals surface area contributed by atoms with Crippen molar-refractivity contribution in [3.8, 4) is 23.0 Å². The number of unbranched alkanes of at least 4 members (excludes halogenated alkanes) is 1. The molecule has 0 atom stereocenters. The van der Waals surface area contributed by atoms with Crippen LogP contribution in [0.25, 0.3) is 0 Å². The Balaban J connectivity index is 0.00000576. The molecule has 2 N–H and O–H groups in total. The quantitative estimate of drug-likeness (QED) is 0.116. The number of hydrogen-bond donors (Lipinski definition) is 2. The molecule has 9 nitrogen and oxygen atoms in total. The molecule has 0 bridgehead atoms. The highest BCUT2D eigenvalue weighted by molar-refractivity contribution is 8.93. The zero-order valence-corrected chi connectivity index (χ0v) is 29.4. The van der Waals surface area contributed by atoms with E-state index in [0.717, 1.165) is 18.4 Å². The second-order valence-electron chi connectivity index (χ2n) is 11.9. The molecule has 250 valence electrons. The predicted octanol–water partition coefficient (Wildman–Crippen LogP) is 7.45. The van der Waals surface area contributed by atoms with Gasteiger partial charge in [-0.25, -0.2) is 4.39 Å². The average molecular weight is 722 g/mol. The summed E-state index contributed by atoms with van der Waals surface area (Å²) in [5, 5.41) is 19.7. The van der Waals surface area contributed by atoms with E-state index in [1.54, 1.807) is 29.5 Å². The number of ketones is 1. The number of rotatable bonds is 16. The Hall–Kier alpha value is -3.64. The Labute approximate surface area is 283 Å². The molecule has 0 saturated carbocycles. The van der Waals surface area contributed by atoms with Crippen LogP contribution in [-0.2, 0) is 23.2 Å². The number of halogens is 2. The molecule has 2 heterocycles. The van der Waals surface area contributed by atoms with Gasteiger partial charge in [0.25, 0.3) is 0 Å². The summed E-state index contributed by atoms with van der Waals surface area (Å²) >= 11 is 1.69. The van der Waals surface area contributed by atoms with Gasteiger partial charge in [0.2, 0.25) is 0 Å². The number of benzene rings is 2. The van der Waals surface area contributed by atoms with Crippen molar-refractivity contribution in [3.05, 3.63) is 68.7 Å². The Morgan fingerprint density at radius 3 is 2.39 bits per heavy atom. The maximum atomic E-state index is 15.3. The number of methoxy groups -OCH3 is 2. The molecule has 0 radical (unpaired) electrons. The molecule has 0 saturated heterocycles. The number of thiophene rings is 1. The van der Waals surface area contributed by atoms with E-state index in [-0.39, 0.29) is 65.2 Å². The Morgan fingerprint density at radius 2 is 1.76 bits per heavy atom. The van der Waals surface area contributed by atoms with Gasteiger partial charge in [-0.1, -0.05) is 26.8 Å². The van der Waals surface area contributed by atoms with E-state index in [1.807, 2.05) is 32.2 Å². The predicted molar refractivity (Wildman–Crippen MR) is 182 cm³/mol. The molecule has 3 aromatic rings. The molecule has 1 aliphatic rings. The Morgan fingerprint density at radius 1 is 1.02 bits per heavy atom. The summed E-state index contributed by atoms with van der Waals surface area (Å²) in [7, 11) is 2.76. The number of aliphatic carboxylic acids is 1. The van der Waals surface area contributed by atoms with Crippen LogP contribution in [0.2, 0.25) is 0 Å². The zero-order chi connectivity index (χ0) is 32.7. The van der Waals surface area contributed by atoms with Gasteiger partial charge in [0.05, 0.1) is 39.5 Å². The molecule has 1 aliphatic heterocycles. The second-order valence-corrected chi connectivity index (χ2v) is 13.0. The fourth-order valence-corrected chi connectivity index (χ4v) is 5.99. The van der Waals surface area contributed by atoms with E-state index in [9.17, 15) is 9.59 Å². The van der Waals surface area contributed by atoms with Crippen LogP contribution in [0.1, 0.15) is 78.4 Å². The number of aryl methyl sites for hydroxylation is 1. The molecule has 0 aliphatic carbocycles. The van der Waals surface area contributed by atoms with Crippen LogP contribution in [0, 0.1) is 11.2 Å². The average Bonchev–Trinajstić information content (AvgIpc) is 3.62. The van der Waals surface area contributed by atoms with Gasteiger partial charge < -0.3 is 29.0 Å². The van der Waals surface area contributed by atoms with Gasteiger partial charge in [0.1, 0.15) is 5.84 Å². The second kappa shape index (κ2) is 16.3. The summed E-state index contributed by atoms with van der Waals surface area (Å²) in [6, 6.07) is 9.21. The fourth-order valence-electron chi connectivity index (χ4n) is 5.24. The first-order chi connectivity index (χ1) is 21.4. The third-order valence-electron chi connectivity index (χ3n) is 7.56. The number of fused-ring (bicyclic) bond motifs is 1. The van der Waals surface area contributed by atoms with Crippen molar-refractivity contribution in [2.24, 2.45) is 0 Å². The van der Waals surface area contributed by atoms with Crippen molar-refractivity contribution >= 4 is 45.9 Å². The van der Waals surface area contributed by atoms with E-state index >= 15 is 4.39 Å². The summed E-state index contributed by atoms with van der Waals surface area (Å²) in [6.07, 6.45) is 2.73. The van der Waals surface area contributed by atoms with Gasteiger partial charge in [-0.2, -0.15) is 0 Å². The maximum absolute atomic E-state index is 15.3. The van der Waals surface area contributed by atoms with Crippen molar-refractivity contribution in [2.75, 3.05) is 34.0 Å². The molecule has 0 unspecified atom stereocenters. The van der Waals surface area contributed by atoms with Gasteiger partial charge >= 0.3 is 5.97 Å². The van der Waals surface area contributed by atoms with Crippen LogP contribution < -0.4 is 18.9 Å². The molecule has 0 amide bonds. The molecule has 1 aromatic heterocycles. The van der Waals surface area contributed by atoms with Gasteiger partial charge in [0.15, 0.2) is 34.6 Å². The molecule has 0 spiro atoms. The van der Waals surface area contributed by atoms with Crippen molar-refractivity contribution in [3.63, 3.8) is 0 Å². The van der Waals surface area contributed by atoms with Crippen molar-refractivity contribution in [2.45, 2.75) is 64.8 Å². The number of ether oxygens (including phenoxy) is 4. The molecule has 2 aromatic carbocycles. The number of amidine groups is 1. The lowest BCUT2D eigenvalue weighted by atomic mass is 9.84. The minimum atomic E-state index is -0.849. The van der Waals surface area contributed by atoms with Crippen LogP contribution >= 0.6 is 28.3 Å². The third-order valence-corrected chi connectivity index (χ3v) is 8.50. The summed E-state index contributed by atoms with van der Waals surface area (Å²) in [6.45, 7) is 6.79. The number of carboxylic acids is 1.